The van der Waals surface area contributed by atoms with E-state index in [1.54, 1.807) is 13.0 Å². The normalized spacial score (nSPS) is 25.0. The first-order valence-electron chi connectivity index (χ1n) is 5.39. The number of hydrogen-bond donors (Lipinski definition) is 2. The minimum Gasteiger partial charge on any atom is -0.504 e. The van der Waals surface area contributed by atoms with Crippen molar-refractivity contribution < 1.29 is 9.50 Å². The van der Waals surface area contributed by atoms with Gasteiger partial charge in [0.25, 0.3) is 0 Å². The van der Waals surface area contributed by atoms with E-state index in [4.69, 9.17) is 11.6 Å². The first-order valence-corrected chi connectivity index (χ1v) is 5.76. The number of phenolic OH excluding ortho intramolecular Hbond substituents is 1. The van der Waals surface area contributed by atoms with E-state index < -0.39 is 17.1 Å². The average molecular weight is 244 g/mol. The van der Waals surface area contributed by atoms with Crippen molar-refractivity contribution in [1.29, 1.82) is 0 Å². The van der Waals surface area contributed by atoms with Crippen molar-refractivity contribution in [3.05, 3.63) is 28.0 Å². The summed E-state index contributed by atoms with van der Waals surface area (Å²) >= 11 is 5.80. The SMILES string of the molecule is Cc1cc(C2(C)CCCN2)c(F)c(O)c1Cl. The Labute approximate surface area is 99.4 Å². The molecule has 0 bridgehead atoms. The van der Waals surface area contributed by atoms with E-state index >= 15 is 0 Å². The van der Waals surface area contributed by atoms with Crippen molar-refractivity contribution in [1.82, 2.24) is 5.32 Å². The quantitative estimate of drug-likeness (QED) is 0.795. The summed E-state index contributed by atoms with van der Waals surface area (Å²) in [4.78, 5) is 0. The van der Waals surface area contributed by atoms with Gasteiger partial charge < -0.3 is 10.4 Å². The first-order chi connectivity index (χ1) is 7.46. The highest BCUT2D eigenvalue weighted by molar-refractivity contribution is 6.32. The predicted molar refractivity (Wildman–Crippen MR) is 62.4 cm³/mol. The maximum absolute atomic E-state index is 14.0. The van der Waals surface area contributed by atoms with Crippen LogP contribution in [-0.2, 0) is 5.54 Å². The molecule has 16 heavy (non-hydrogen) atoms. The highest BCUT2D eigenvalue weighted by Gasteiger charge is 2.34. The number of rotatable bonds is 1. The second-order valence-corrected chi connectivity index (χ2v) is 4.96. The monoisotopic (exact) mass is 243 g/mol. The van der Waals surface area contributed by atoms with Crippen molar-refractivity contribution in [2.24, 2.45) is 0 Å². The molecule has 1 fully saturated rings. The van der Waals surface area contributed by atoms with E-state index in [9.17, 15) is 9.50 Å². The molecular formula is C12H15ClFNO. The van der Waals surface area contributed by atoms with Crippen LogP contribution in [0, 0.1) is 12.7 Å². The van der Waals surface area contributed by atoms with Crippen LogP contribution in [0.25, 0.3) is 0 Å². The van der Waals surface area contributed by atoms with E-state index in [-0.39, 0.29) is 5.02 Å². The third kappa shape index (κ3) is 1.68. The molecule has 1 unspecified atom stereocenters. The summed E-state index contributed by atoms with van der Waals surface area (Å²) in [5.74, 6) is -1.04. The average Bonchev–Trinajstić information content (AvgIpc) is 2.68. The molecule has 1 heterocycles. The molecule has 4 heteroatoms. The Hall–Kier alpha value is -0.800. The van der Waals surface area contributed by atoms with Gasteiger partial charge in [-0.1, -0.05) is 11.6 Å². The molecule has 1 aliphatic rings. The molecule has 1 aromatic rings. The molecule has 0 aromatic heterocycles. The Morgan fingerprint density at radius 1 is 1.56 bits per heavy atom. The molecule has 1 aliphatic heterocycles. The molecule has 0 aliphatic carbocycles. The number of hydrogen-bond acceptors (Lipinski definition) is 2. The van der Waals surface area contributed by atoms with Crippen LogP contribution in [0.1, 0.15) is 30.9 Å². The fourth-order valence-electron chi connectivity index (χ4n) is 2.28. The summed E-state index contributed by atoms with van der Waals surface area (Å²) in [6, 6.07) is 1.72. The fraction of sp³-hybridized carbons (Fsp3) is 0.500. The predicted octanol–water partition coefficient (Wildman–Crippen LogP) is 3.09. The Morgan fingerprint density at radius 3 is 2.81 bits per heavy atom. The van der Waals surface area contributed by atoms with Gasteiger partial charge in [-0.2, -0.15) is 0 Å². The molecule has 0 amide bonds. The third-order valence-corrected chi connectivity index (χ3v) is 3.80. The number of halogens is 2. The summed E-state index contributed by atoms with van der Waals surface area (Å²) < 4.78 is 14.0. The standard InChI is InChI=1S/C12H15ClFNO/c1-7-6-8(10(14)11(16)9(7)13)12(2)4-3-5-15-12/h6,15-16H,3-5H2,1-2H3. The second-order valence-electron chi connectivity index (χ2n) is 4.58. The lowest BCUT2D eigenvalue weighted by Crippen LogP contribution is -2.34. The van der Waals surface area contributed by atoms with E-state index in [1.807, 2.05) is 6.92 Å². The molecule has 0 spiro atoms. The molecule has 2 N–H and O–H groups in total. The van der Waals surface area contributed by atoms with Gasteiger partial charge >= 0.3 is 0 Å². The van der Waals surface area contributed by atoms with Gasteiger partial charge in [-0.3, -0.25) is 0 Å². The lowest BCUT2D eigenvalue weighted by Gasteiger charge is -2.26. The van der Waals surface area contributed by atoms with Gasteiger partial charge in [-0.05, 0) is 44.9 Å². The van der Waals surface area contributed by atoms with Gasteiger partial charge in [-0.25, -0.2) is 4.39 Å². The maximum atomic E-state index is 14.0. The van der Waals surface area contributed by atoms with Gasteiger partial charge in [0.05, 0.1) is 5.02 Å². The van der Waals surface area contributed by atoms with Crippen LogP contribution in [0.2, 0.25) is 5.02 Å². The van der Waals surface area contributed by atoms with Gasteiger partial charge in [-0.15, -0.1) is 0 Å². The number of phenols is 1. The van der Waals surface area contributed by atoms with Crippen molar-refractivity contribution in [3.8, 4) is 5.75 Å². The molecule has 2 rings (SSSR count). The summed E-state index contributed by atoms with van der Waals surface area (Å²) in [5, 5.41) is 13.0. The van der Waals surface area contributed by atoms with E-state index in [1.165, 1.54) is 0 Å². The van der Waals surface area contributed by atoms with Crippen LogP contribution in [0.4, 0.5) is 4.39 Å². The summed E-state index contributed by atoms with van der Waals surface area (Å²) in [6.45, 7) is 4.59. The molecule has 1 aromatic carbocycles. The van der Waals surface area contributed by atoms with Gasteiger partial charge in [0.1, 0.15) is 0 Å². The molecule has 1 atom stereocenters. The first kappa shape index (κ1) is 11.7. The van der Waals surface area contributed by atoms with Gasteiger partial charge in [0.2, 0.25) is 0 Å². The number of nitrogens with one attached hydrogen (secondary N) is 1. The Morgan fingerprint density at radius 2 is 2.25 bits per heavy atom. The van der Waals surface area contributed by atoms with Crippen LogP contribution < -0.4 is 5.32 Å². The fourth-order valence-corrected chi connectivity index (χ4v) is 2.42. The summed E-state index contributed by atoms with van der Waals surface area (Å²) in [6.07, 6.45) is 1.88. The highest BCUT2D eigenvalue weighted by Crippen LogP contribution is 2.39. The molecular weight excluding hydrogens is 229 g/mol. The van der Waals surface area contributed by atoms with E-state index in [0.29, 0.717) is 11.1 Å². The number of aromatic hydroxyl groups is 1. The van der Waals surface area contributed by atoms with Crippen LogP contribution >= 0.6 is 11.6 Å². The zero-order valence-electron chi connectivity index (χ0n) is 9.40. The van der Waals surface area contributed by atoms with Crippen LogP contribution in [-0.4, -0.2) is 11.7 Å². The topological polar surface area (TPSA) is 32.3 Å². The third-order valence-electron chi connectivity index (χ3n) is 3.32. The van der Waals surface area contributed by atoms with E-state index in [2.05, 4.69) is 5.32 Å². The zero-order valence-corrected chi connectivity index (χ0v) is 10.2. The Bertz CT molecular complexity index is 428. The van der Waals surface area contributed by atoms with E-state index in [0.717, 1.165) is 19.4 Å². The van der Waals surface area contributed by atoms with Crippen molar-refractivity contribution in [3.63, 3.8) is 0 Å². The minimum absolute atomic E-state index is 0.0999. The summed E-state index contributed by atoms with van der Waals surface area (Å²) in [7, 11) is 0. The smallest absolute Gasteiger partial charge is 0.171 e. The Kier molecular flexibility index (Phi) is 2.84. The van der Waals surface area contributed by atoms with Gasteiger partial charge in [0, 0.05) is 11.1 Å². The molecule has 0 saturated carbocycles. The van der Waals surface area contributed by atoms with Crippen LogP contribution in [0.3, 0.4) is 0 Å². The molecule has 0 radical (unpaired) electrons. The lowest BCUT2D eigenvalue weighted by atomic mass is 9.89. The zero-order chi connectivity index (χ0) is 11.9. The highest BCUT2D eigenvalue weighted by atomic mass is 35.5. The molecule has 88 valence electrons. The number of aryl methyl sites for hydroxylation is 1. The summed E-state index contributed by atoms with van der Waals surface area (Å²) in [5.41, 5.74) is 0.812. The van der Waals surface area contributed by atoms with Crippen LogP contribution in [0.5, 0.6) is 5.75 Å². The Balaban J connectivity index is 2.57. The largest absolute Gasteiger partial charge is 0.504 e. The van der Waals surface area contributed by atoms with Crippen molar-refractivity contribution in [2.75, 3.05) is 6.54 Å². The minimum atomic E-state index is -0.604. The molecule has 1 saturated heterocycles. The number of benzene rings is 1. The second kappa shape index (κ2) is 3.90. The maximum Gasteiger partial charge on any atom is 0.171 e. The van der Waals surface area contributed by atoms with Crippen molar-refractivity contribution in [2.45, 2.75) is 32.2 Å². The van der Waals surface area contributed by atoms with Crippen molar-refractivity contribution >= 4 is 11.6 Å². The lowest BCUT2D eigenvalue weighted by molar-refractivity contribution is 0.383. The van der Waals surface area contributed by atoms with Gasteiger partial charge in [0.15, 0.2) is 11.6 Å². The van der Waals surface area contributed by atoms with Crippen LogP contribution in [0.15, 0.2) is 6.07 Å². The molecule has 2 nitrogen and oxygen atoms in total.